The fraction of sp³-hybridized carbons (Fsp3) is 0.125. The highest BCUT2D eigenvalue weighted by molar-refractivity contribution is 6.05. The number of aliphatic hydroxyl groups is 1. The van der Waals surface area contributed by atoms with Crippen molar-refractivity contribution in [2.24, 2.45) is 0 Å². The molecule has 3 aromatic carbocycles. The molecular weight excluding hydrogens is 366 g/mol. The van der Waals surface area contributed by atoms with E-state index in [2.05, 4.69) is 0 Å². The Kier molecular flexibility index (Phi) is 4.21. The van der Waals surface area contributed by atoms with Gasteiger partial charge in [0.1, 0.15) is 0 Å². The van der Waals surface area contributed by atoms with Crippen molar-refractivity contribution in [3.8, 4) is 11.5 Å². The maximum absolute atomic E-state index is 13.1. The summed E-state index contributed by atoms with van der Waals surface area (Å²) in [6.45, 7) is 0.546. The summed E-state index contributed by atoms with van der Waals surface area (Å²) in [6.07, 6.45) is 0. The maximum atomic E-state index is 13.1. The first-order valence-electron chi connectivity index (χ1n) is 9.45. The summed E-state index contributed by atoms with van der Waals surface area (Å²) < 4.78 is 10.8. The maximum Gasteiger partial charge on any atom is 0.290 e. The largest absolute Gasteiger partial charge is 0.503 e. The van der Waals surface area contributed by atoms with Gasteiger partial charge in [0.05, 0.1) is 6.04 Å². The Balaban J connectivity index is 1.57. The van der Waals surface area contributed by atoms with Gasteiger partial charge in [-0.15, -0.1) is 0 Å². The highest BCUT2D eigenvalue weighted by Gasteiger charge is 2.41. The number of hydrogen-bond acceptors (Lipinski definition) is 4. The van der Waals surface area contributed by atoms with Crippen LogP contribution in [0.25, 0.3) is 5.57 Å². The summed E-state index contributed by atoms with van der Waals surface area (Å²) in [4.78, 5) is 14.8. The van der Waals surface area contributed by atoms with Gasteiger partial charge >= 0.3 is 0 Å². The fourth-order valence-electron chi connectivity index (χ4n) is 3.95. The number of rotatable bonds is 4. The van der Waals surface area contributed by atoms with Crippen molar-refractivity contribution in [2.75, 3.05) is 6.79 Å². The van der Waals surface area contributed by atoms with Gasteiger partial charge in [-0.25, -0.2) is 0 Å². The molecular formula is C24H19NO4. The van der Waals surface area contributed by atoms with Crippen LogP contribution in [0.3, 0.4) is 0 Å². The van der Waals surface area contributed by atoms with Gasteiger partial charge in [0, 0.05) is 12.1 Å². The standard InChI is InChI=1S/C24H19NO4/c26-23-21(17-7-3-1-4-8-17)22(18-9-5-2-6-10-18)25(24(23)27)14-16-11-12-19-20(13-16)29-15-28-19/h1-13,22,26H,14-15H2/t22-/m1/s1. The van der Waals surface area contributed by atoms with Crippen LogP contribution in [0.15, 0.2) is 84.6 Å². The van der Waals surface area contributed by atoms with E-state index in [4.69, 9.17) is 9.47 Å². The number of amides is 1. The van der Waals surface area contributed by atoms with E-state index < -0.39 is 0 Å². The van der Waals surface area contributed by atoms with Crippen molar-refractivity contribution < 1.29 is 19.4 Å². The second-order valence-electron chi connectivity index (χ2n) is 7.06. The van der Waals surface area contributed by atoms with Crippen LogP contribution in [0.5, 0.6) is 11.5 Å². The summed E-state index contributed by atoms with van der Waals surface area (Å²) in [6, 6.07) is 24.6. The number of carbonyl (C=O) groups excluding carboxylic acids is 1. The lowest BCUT2D eigenvalue weighted by Crippen LogP contribution is -2.29. The molecule has 1 atom stereocenters. The molecule has 29 heavy (non-hydrogen) atoms. The normalized spacial score (nSPS) is 17.9. The topological polar surface area (TPSA) is 59.0 Å². The van der Waals surface area contributed by atoms with Gasteiger partial charge in [-0.3, -0.25) is 4.79 Å². The minimum absolute atomic E-state index is 0.203. The van der Waals surface area contributed by atoms with Gasteiger partial charge in [0.2, 0.25) is 6.79 Å². The van der Waals surface area contributed by atoms with E-state index in [1.807, 2.05) is 78.9 Å². The highest BCUT2D eigenvalue weighted by Crippen LogP contribution is 2.44. The van der Waals surface area contributed by atoms with Crippen LogP contribution in [-0.2, 0) is 11.3 Å². The Hall–Kier alpha value is -3.73. The molecule has 0 fully saturated rings. The zero-order valence-corrected chi connectivity index (χ0v) is 15.6. The number of aliphatic hydroxyl groups excluding tert-OH is 1. The van der Waals surface area contributed by atoms with Crippen LogP contribution in [0.2, 0.25) is 0 Å². The van der Waals surface area contributed by atoms with Crippen molar-refractivity contribution in [2.45, 2.75) is 12.6 Å². The molecule has 5 nitrogen and oxygen atoms in total. The Bertz CT molecular complexity index is 1090. The summed E-state index contributed by atoms with van der Waals surface area (Å²) in [5, 5.41) is 10.8. The monoisotopic (exact) mass is 385 g/mol. The molecule has 5 rings (SSSR count). The van der Waals surface area contributed by atoms with Crippen LogP contribution in [-0.4, -0.2) is 22.7 Å². The molecule has 0 saturated carbocycles. The van der Waals surface area contributed by atoms with Crippen LogP contribution >= 0.6 is 0 Å². The molecule has 3 aromatic rings. The molecule has 1 N–H and O–H groups in total. The van der Waals surface area contributed by atoms with E-state index in [1.54, 1.807) is 4.90 Å². The van der Waals surface area contributed by atoms with E-state index in [-0.39, 0.29) is 24.5 Å². The van der Waals surface area contributed by atoms with Gasteiger partial charge in [-0.1, -0.05) is 66.7 Å². The number of benzene rings is 3. The molecule has 0 aliphatic carbocycles. The first-order chi connectivity index (χ1) is 14.2. The molecule has 1 amide bonds. The van der Waals surface area contributed by atoms with Crippen LogP contribution < -0.4 is 9.47 Å². The van der Waals surface area contributed by atoms with Crippen molar-refractivity contribution in [3.63, 3.8) is 0 Å². The Morgan fingerprint density at radius 1 is 0.897 bits per heavy atom. The summed E-state index contributed by atoms with van der Waals surface area (Å²) in [5.74, 6) is 0.791. The van der Waals surface area contributed by atoms with Crippen molar-refractivity contribution >= 4 is 11.5 Å². The van der Waals surface area contributed by atoms with Crippen molar-refractivity contribution in [1.29, 1.82) is 0 Å². The molecule has 0 radical (unpaired) electrons. The van der Waals surface area contributed by atoms with Crippen molar-refractivity contribution in [1.82, 2.24) is 4.90 Å². The van der Waals surface area contributed by atoms with E-state index in [1.165, 1.54) is 0 Å². The average Bonchev–Trinajstić information content (AvgIpc) is 3.33. The first-order valence-corrected chi connectivity index (χ1v) is 9.45. The third-order valence-corrected chi connectivity index (χ3v) is 5.29. The average molecular weight is 385 g/mol. The van der Waals surface area contributed by atoms with E-state index in [0.29, 0.717) is 23.6 Å². The van der Waals surface area contributed by atoms with Gasteiger partial charge in [0.25, 0.3) is 5.91 Å². The molecule has 144 valence electrons. The predicted octanol–water partition coefficient (Wildman–Crippen LogP) is 4.47. The minimum Gasteiger partial charge on any atom is -0.503 e. The van der Waals surface area contributed by atoms with E-state index in [9.17, 15) is 9.90 Å². The number of carbonyl (C=O) groups is 1. The summed E-state index contributed by atoms with van der Waals surface area (Å²) in [7, 11) is 0. The molecule has 2 heterocycles. The van der Waals surface area contributed by atoms with Gasteiger partial charge in [-0.05, 0) is 28.8 Å². The number of nitrogens with zero attached hydrogens (tertiary/aromatic N) is 1. The molecule has 2 aliphatic rings. The van der Waals surface area contributed by atoms with Crippen LogP contribution in [0, 0.1) is 0 Å². The van der Waals surface area contributed by atoms with Gasteiger partial charge < -0.3 is 19.5 Å². The van der Waals surface area contributed by atoms with E-state index >= 15 is 0 Å². The highest BCUT2D eigenvalue weighted by atomic mass is 16.7. The van der Waals surface area contributed by atoms with Crippen LogP contribution in [0.1, 0.15) is 22.7 Å². The SMILES string of the molecule is O=C1C(O)=C(c2ccccc2)[C@@H](c2ccccc2)N1Cc1ccc2c(c1)OCO2. The molecule has 0 bridgehead atoms. The fourth-order valence-corrected chi connectivity index (χ4v) is 3.95. The molecule has 0 spiro atoms. The van der Waals surface area contributed by atoms with Crippen LogP contribution in [0.4, 0.5) is 0 Å². The van der Waals surface area contributed by atoms with Gasteiger partial charge in [-0.2, -0.15) is 0 Å². The molecule has 2 aliphatic heterocycles. The Labute approximate surface area is 168 Å². The predicted molar refractivity (Wildman–Crippen MR) is 108 cm³/mol. The zero-order valence-electron chi connectivity index (χ0n) is 15.6. The molecule has 5 heteroatoms. The molecule has 0 unspecified atom stereocenters. The second-order valence-corrected chi connectivity index (χ2v) is 7.06. The third-order valence-electron chi connectivity index (χ3n) is 5.29. The second kappa shape index (κ2) is 7.02. The quantitative estimate of drug-likeness (QED) is 0.720. The molecule has 0 saturated heterocycles. The van der Waals surface area contributed by atoms with Gasteiger partial charge in [0.15, 0.2) is 17.3 Å². The minimum atomic E-state index is -0.379. The number of ether oxygens (including phenoxy) is 2. The van der Waals surface area contributed by atoms with E-state index in [0.717, 1.165) is 16.7 Å². The lowest BCUT2D eigenvalue weighted by atomic mass is 9.93. The first kappa shape index (κ1) is 17.4. The Morgan fingerprint density at radius 2 is 1.59 bits per heavy atom. The summed E-state index contributed by atoms with van der Waals surface area (Å²) >= 11 is 0. The molecule has 0 aromatic heterocycles. The lowest BCUT2D eigenvalue weighted by Gasteiger charge is -2.27. The summed E-state index contributed by atoms with van der Waals surface area (Å²) in [5.41, 5.74) is 3.32. The Morgan fingerprint density at radius 3 is 2.34 bits per heavy atom. The number of fused-ring (bicyclic) bond motifs is 1. The third kappa shape index (κ3) is 3.01. The van der Waals surface area contributed by atoms with Crippen molar-refractivity contribution in [3.05, 3.63) is 101 Å². The zero-order chi connectivity index (χ0) is 19.8. The smallest absolute Gasteiger partial charge is 0.290 e. The number of hydrogen-bond donors (Lipinski definition) is 1. The lowest BCUT2D eigenvalue weighted by molar-refractivity contribution is -0.130.